The van der Waals surface area contributed by atoms with Crippen molar-refractivity contribution in [3.05, 3.63) is 49.6 Å². The third-order valence-electron chi connectivity index (χ3n) is 9.30. The summed E-state index contributed by atoms with van der Waals surface area (Å²) in [5.41, 5.74) is 0.154. The van der Waals surface area contributed by atoms with Crippen molar-refractivity contribution in [1.82, 2.24) is 9.80 Å². The normalized spacial score (nSPS) is 26.7. The number of thioether (sulfide) groups is 1. The smallest absolute Gasteiger partial charge is 0.247 e. The molecule has 0 radical (unpaired) electrons. The van der Waals surface area contributed by atoms with Gasteiger partial charge in [0.25, 0.3) is 0 Å². The van der Waals surface area contributed by atoms with Crippen LogP contribution in [-0.2, 0) is 14.4 Å². The van der Waals surface area contributed by atoms with Gasteiger partial charge in [-0.2, -0.15) is 0 Å². The molecule has 8 nitrogen and oxygen atoms in total. The number of nitrogens with zero attached hydrogens (tertiary/aromatic N) is 3. The molecule has 9 heteroatoms. The topological polar surface area (TPSA) is 90.4 Å². The summed E-state index contributed by atoms with van der Waals surface area (Å²) in [5.74, 6) is -1.01. The predicted molar refractivity (Wildman–Crippen MR) is 178 cm³/mol. The first-order chi connectivity index (χ1) is 20.7. The number of benzene rings is 1. The number of amides is 3. The van der Waals surface area contributed by atoms with E-state index in [0.717, 1.165) is 18.6 Å². The first kappa shape index (κ1) is 34.1. The van der Waals surface area contributed by atoms with E-state index in [1.165, 1.54) is 0 Å². The summed E-state index contributed by atoms with van der Waals surface area (Å²) in [6.07, 6.45) is 5.59. The number of hydrogen-bond donors (Lipinski definition) is 1. The molecular weight excluding hydrogens is 574 g/mol. The number of fused-ring (bicyclic) bond motifs is 1. The molecule has 1 aromatic carbocycles. The van der Waals surface area contributed by atoms with Gasteiger partial charge in [0.05, 0.1) is 35.8 Å². The molecule has 3 amide bonds. The van der Waals surface area contributed by atoms with Crippen molar-refractivity contribution in [2.45, 2.75) is 95.3 Å². The van der Waals surface area contributed by atoms with Crippen LogP contribution < -0.4 is 9.64 Å². The Labute approximate surface area is 267 Å². The predicted octanol–water partition coefficient (Wildman–Crippen LogP) is 5.31. The quantitative estimate of drug-likeness (QED) is 0.299. The molecule has 1 N–H and O–H groups in total. The van der Waals surface area contributed by atoms with Gasteiger partial charge >= 0.3 is 0 Å². The van der Waals surface area contributed by atoms with Crippen LogP contribution in [0.3, 0.4) is 0 Å². The SMILES string of the molecule is C=CCN(C(=O)[C@@H]1[C@H]2C(=O)N([C@H](C)CO)C(C(=O)N(CC=C)C(C)(C)CC(C)(C)C)C23CC[C@H]1S3)c1ccc(OCC)cc1. The van der Waals surface area contributed by atoms with Crippen molar-refractivity contribution in [1.29, 1.82) is 0 Å². The lowest BCUT2D eigenvalue weighted by Crippen LogP contribution is -2.61. The zero-order valence-electron chi connectivity index (χ0n) is 27.5. The van der Waals surface area contributed by atoms with Gasteiger partial charge in [0.15, 0.2) is 0 Å². The Bertz CT molecular complexity index is 1260. The lowest BCUT2D eigenvalue weighted by molar-refractivity contribution is -0.148. The molecule has 4 rings (SSSR count). The minimum atomic E-state index is -0.785. The highest BCUT2D eigenvalue weighted by atomic mass is 32.2. The van der Waals surface area contributed by atoms with Gasteiger partial charge in [-0.1, -0.05) is 32.9 Å². The lowest BCUT2D eigenvalue weighted by Gasteiger charge is -2.46. The van der Waals surface area contributed by atoms with Gasteiger partial charge in [-0.05, 0) is 76.6 Å². The molecule has 2 unspecified atom stereocenters. The molecule has 0 saturated carbocycles. The average molecular weight is 626 g/mol. The number of carbonyl (C=O) groups excluding carboxylic acids is 3. The van der Waals surface area contributed by atoms with E-state index in [2.05, 4.69) is 47.8 Å². The number of hydrogen-bond acceptors (Lipinski definition) is 6. The van der Waals surface area contributed by atoms with Crippen molar-refractivity contribution < 1.29 is 24.2 Å². The van der Waals surface area contributed by atoms with E-state index in [1.54, 1.807) is 40.6 Å². The van der Waals surface area contributed by atoms with Crippen LogP contribution in [0.4, 0.5) is 5.69 Å². The van der Waals surface area contributed by atoms with E-state index >= 15 is 0 Å². The molecule has 1 aromatic rings. The maximum absolute atomic E-state index is 14.9. The number of carbonyl (C=O) groups is 3. The maximum Gasteiger partial charge on any atom is 0.247 e. The number of anilines is 1. The summed E-state index contributed by atoms with van der Waals surface area (Å²) in [5, 5.41) is 10.2. The molecule has 6 atom stereocenters. The Morgan fingerprint density at radius 1 is 1.14 bits per heavy atom. The average Bonchev–Trinajstić information content (AvgIpc) is 3.60. The lowest BCUT2D eigenvalue weighted by atomic mass is 9.70. The largest absolute Gasteiger partial charge is 0.494 e. The van der Waals surface area contributed by atoms with Crippen LogP contribution in [0.15, 0.2) is 49.6 Å². The van der Waals surface area contributed by atoms with Gasteiger partial charge in [0.2, 0.25) is 17.7 Å². The molecule has 0 aromatic heterocycles. The molecule has 3 fully saturated rings. The molecule has 3 aliphatic heterocycles. The van der Waals surface area contributed by atoms with E-state index in [9.17, 15) is 19.5 Å². The minimum absolute atomic E-state index is 0.0405. The molecule has 3 aliphatic rings. The monoisotopic (exact) mass is 625 g/mol. The van der Waals surface area contributed by atoms with Crippen molar-refractivity contribution in [2.75, 3.05) is 31.2 Å². The second-order valence-corrected chi connectivity index (χ2v) is 15.9. The number of aliphatic hydroxyl groups excluding tert-OH is 1. The molecule has 3 saturated heterocycles. The summed E-state index contributed by atoms with van der Waals surface area (Å²) in [6.45, 7) is 23.1. The third-order valence-corrected chi connectivity index (χ3v) is 11.3. The van der Waals surface area contributed by atoms with E-state index < -0.39 is 34.2 Å². The van der Waals surface area contributed by atoms with Crippen molar-refractivity contribution >= 4 is 35.2 Å². The Balaban J connectivity index is 1.76. The summed E-state index contributed by atoms with van der Waals surface area (Å²) < 4.78 is 4.85. The Morgan fingerprint density at radius 3 is 2.32 bits per heavy atom. The van der Waals surface area contributed by atoms with Gasteiger partial charge < -0.3 is 24.5 Å². The molecule has 44 heavy (non-hydrogen) atoms. The molecular formula is C35H51N3O5S. The molecule has 242 valence electrons. The van der Waals surface area contributed by atoms with E-state index in [1.807, 2.05) is 36.1 Å². The second kappa shape index (κ2) is 12.9. The zero-order valence-corrected chi connectivity index (χ0v) is 28.4. The van der Waals surface area contributed by atoms with Crippen molar-refractivity contribution in [2.24, 2.45) is 17.3 Å². The van der Waals surface area contributed by atoms with E-state index in [-0.39, 0.29) is 35.0 Å². The highest BCUT2D eigenvalue weighted by molar-refractivity contribution is 8.02. The Hall–Kier alpha value is -2.78. The van der Waals surface area contributed by atoms with Crippen LogP contribution in [0, 0.1) is 17.3 Å². The number of ether oxygens (including phenoxy) is 1. The van der Waals surface area contributed by atoms with Gasteiger partial charge in [-0.15, -0.1) is 24.9 Å². The second-order valence-electron chi connectivity index (χ2n) is 14.3. The Morgan fingerprint density at radius 2 is 1.77 bits per heavy atom. The van der Waals surface area contributed by atoms with Crippen LogP contribution >= 0.6 is 11.8 Å². The minimum Gasteiger partial charge on any atom is -0.494 e. The summed E-state index contributed by atoms with van der Waals surface area (Å²) in [6, 6.07) is 6.04. The number of aliphatic hydroxyl groups is 1. The zero-order chi connectivity index (χ0) is 32.6. The van der Waals surface area contributed by atoms with Gasteiger partial charge in [0.1, 0.15) is 11.8 Å². The van der Waals surface area contributed by atoms with Gasteiger partial charge in [0, 0.05) is 29.6 Å². The van der Waals surface area contributed by atoms with Crippen LogP contribution in [0.2, 0.25) is 0 Å². The van der Waals surface area contributed by atoms with Crippen molar-refractivity contribution in [3.8, 4) is 5.75 Å². The highest BCUT2D eigenvalue weighted by Crippen LogP contribution is 2.67. The maximum atomic E-state index is 14.9. The van der Waals surface area contributed by atoms with Crippen LogP contribution in [0.25, 0.3) is 0 Å². The highest BCUT2D eigenvalue weighted by Gasteiger charge is 2.74. The standard InChI is InChI=1S/C35H51N3O5S/c1-10-19-36(24-13-15-25(16-14-24)43-12-3)30(40)27-26-17-18-35(44-26)28(27)31(41)38(23(4)21-39)29(35)32(42)37(20-11-2)34(8,9)22-33(5,6)7/h10-11,13-16,23,26-29,39H,1-2,12,17-22H2,3-9H3/t23-,26-,27+,28+,29?,35?/m1/s1. The third kappa shape index (κ3) is 6.06. The van der Waals surface area contributed by atoms with Crippen molar-refractivity contribution in [3.63, 3.8) is 0 Å². The fourth-order valence-electron chi connectivity index (χ4n) is 8.04. The first-order valence-electron chi connectivity index (χ1n) is 15.9. The fourth-order valence-corrected chi connectivity index (χ4v) is 10.2. The van der Waals surface area contributed by atoms with E-state index in [0.29, 0.717) is 31.8 Å². The van der Waals surface area contributed by atoms with Crippen LogP contribution in [-0.4, -0.2) is 86.6 Å². The summed E-state index contributed by atoms with van der Waals surface area (Å²) in [7, 11) is 0. The fraction of sp³-hybridized carbons (Fsp3) is 0.629. The first-order valence-corrected chi connectivity index (χ1v) is 16.7. The summed E-state index contributed by atoms with van der Waals surface area (Å²) >= 11 is 1.65. The molecule has 2 bridgehead atoms. The molecule has 1 spiro atoms. The van der Waals surface area contributed by atoms with Crippen LogP contribution in [0.5, 0.6) is 5.75 Å². The van der Waals surface area contributed by atoms with E-state index in [4.69, 9.17) is 4.74 Å². The molecule has 3 heterocycles. The molecule has 0 aliphatic carbocycles. The van der Waals surface area contributed by atoms with Gasteiger partial charge in [-0.3, -0.25) is 14.4 Å². The van der Waals surface area contributed by atoms with Crippen LogP contribution in [0.1, 0.15) is 67.7 Å². The Kier molecular flexibility index (Phi) is 10.0. The number of likely N-dealkylation sites (tertiary alicyclic amines) is 1. The summed E-state index contributed by atoms with van der Waals surface area (Å²) in [4.78, 5) is 49.0. The number of rotatable bonds is 13. The van der Waals surface area contributed by atoms with Gasteiger partial charge in [-0.25, -0.2) is 0 Å².